The van der Waals surface area contributed by atoms with Crippen molar-refractivity contribution in [1.82, 2.24) is 9.88 Å². The van der Waals surface area contributed by atoms with E-state index in [-0.39, 0.29) is 11.8 Å². The molecular weight excluding hydrogens is 278 g/mol. The van der Waals surface area contributed by atoms with Crippen molar-refractivity contribution in [2.45, 2.75) is 33.6 Å². The van der Waals surface area contributed by atoms with Crippen molar-refractivity contribution < 1.29 is 9.53 Å². The maximum Gasteiger partial charge on any atom is 0.223 e. The van der Waals surface area contributed by atoms with E-state index >= 15 is 0 Å². The number of aromatic nitrogens is 1. The minimum absolute atomic E-state index is 0.168. The molecule has 2 rings (SSSR count). The lowest BCUT2D eigenvalue weighted by molar-refractivity contribution is -0.128. The topological polar surface area (TPSA) is 66.2 Å². The Kier molecular flexibility index (Phi) is 5.15. The molecule has 1 saturated heterocycles. The summed E-state index contributed by atoms with van der Waals surface area (Å²) in [6, 6.07) is 2.28. The van der Waals surface area contributed by atoms with Crippen LogP contribution in [0, 0.1) is 38.0 Å². The van der Waals surface area contributed by atoms with E-state index in [1.165, 1.54) is 0 Å². The van der Waals surface area contributed by atoms with Gasteiger partial charge in [0.2, 0.25) is 5.91 Å². The minimum atomic E-state index is 0.168. The van der Waals surface area contributed by atoms with Crippen LogP contribution in [-0.4, -0.2) is 42.6 Å². The van der Waals surface area contributed by atoms with Crippen LogP contribution in [0.1, 0.15) is 34.5 Å². The van der Waals surface area contributed by atoms with Gasteiger partial charge in [-0.1, -0.05) is 0 Å². The average molecular weight is 301 g/mol. The van der Waals surface area contributed by atoms with Gasteiger partial charge in [0.05, 0.1) is 17.9 Å². The molecule has 1 aromatic rings. The third-order valence-electron chi connectivity index (χ3n) is 4.53. The lowest BCUT2D eigenvalue weighted by atomic mass is 9.95. The molecule has 0 N–H and O–H groups in total. The molecule has 0 saturated carbocycles. The van der Waals surface area contributed by atoms with Gasteiger partial charge in [-0.15, -0.1) is 0 Å². The number of methoxy groups -OCH3 is 1. The van der Waals surface area contributed by atoms with Crippen molar-refractivity contribution >= 4 is 5.91 Å². The summed E-state index contributed by atoms with van der Waals surface area (Å²) in [6.07, 6.45) is 1.21. The van der Waals surface area contributed by atoms with Gasteiger partial charge in [0.25, 0.3) is 0 Å². The van der Waals surface area contributed by atoms with Crippen LogP contribution >= 0.6 is 0 Å². The number of amides is 1. The predicted molar refractivity (Wildman–Crippen MR) is 83.4 cm³/mol. The number of carbonyl (C=O) groups is 1. The van der Waals surface area contributed by atoms with Crippen LogP contribution in [0.3, 0.4) is 0 Å². The number of ether oxygens (including phenoxy) is 1. The Balaban J connectivity index is 2.15. The van der Waals surface area contributed by atoms with Gasteiger partial charge in [-0.25, -0.2) is 0 Å². The maximum atomic E-state index is 12.0. The van der Waals surface area contributed by atoms with Crippen LogP contribution in [0.2, 0.25) is 0 Å². The highest BCUT2D eigenvalue weighted by Crippen LogP contribution is 2.25. The van der Waals surface area contributed by atoms with Gasteiger partial charge in [-0.2, -0.15) is 5.26 Å². The van der Waals surface area contributed by atoms with Crippen LogP contribution in [0.4, 0.5) is 0 Å². The number of nitriles is 1. The third kappa shape index (κ3) is 3.28. The van der Waals surface area contributed by atoms with Crippen LogP contribution < -0.4 is 0 Å². The second-order valence-corrected chi connectivity index (χ2v) is 5.99. The van der Waals surface area contributed by atoms with E-state index in [0.717, 1.165) is 29.1 Å². The largest absolute Gasteiger partial charge is 0.383 e. The molecule has 22 heavy (non-hydrogen) atoms. The second kappa shape index (κ2) is 6.89. The number of hydrogen-bond donors (Lipinski definition) is 0. The summed E-state index contributed by atoms with van der Waals surface area (Å²) in [5.41, 5.74) is 4.54. The standard InChI is InChI=1S/C17H23N3O2/c1-11-12(2)15(9-18)16(19-13(11)3)7-14-8-17(21)20(10-14)5-6-22-4/h14H,5-8,10H2,1-4H3. The summed E-state index contributed by atoms with van der Waals surface area (Å²) < 4.78 is 5.04. The monoisotopic (exact) mass is 301 g/mol. The highest BCUT2D eigenvalue weighted by atomic mass is 16.5. The van der Waals surface area contributed by atoms with Gasteiger partial charge in [0.1, 0.15) is 6.07 Å². The van der Waals surface area contributed by atoms with E-state index in [0.29, 0.717) is 31.6 Å². The zero-order chi connectivity index (χ0) is 16.3. The Bertz CT molecular complexity index is 619. The maximum absolute atomic E-state index is 12.0. The molecule has 0 radical (unpaired) electrons. The molecule has 118 valence electrons. The van der Waals surface area contributed by atoms with Crippen molar-refractivity contribution in [3.63, 3.8) is 0 Å². The Labute approximate surface area is 131 Å². The zero-order valence-corrected chi connectivity index (χ0v) is 13.8. The van der Waals surface area contributed by atoms with Crippen molar-refractivity contribution in [1.29, 1.82) is 5.26 Å². The molecule has 0 spiro atoms. The quantitative estimate of drug-likeness (QED) is 0.833. The van der Waals surface area contributed by atoms with Gasteiger partial charge in [-0.3, -0.25) is 9.78 Å². The molecule has 0 aliphatic carbocycles. The van der Waals surface area contributed by atoms with Gasteiger partial charge < -0.3 is 9.64 Å². The highest BCUT2D eigenvalue weighted by Gasteiger charge is 2.30. The Morgan fingerprint density at radius 1 is 1.36 bits per heavy atom. The van der Waals surface area contributed by atoms with Crippen molar-refractivity contribution in [3.8, 4) is 6.07 Å². The number of hydrogen-bond acceptors (Lipinski definition) is 4. The lowest BCUT2D eigenvalue weighted by Gasteiger charge is -2.17. The van der Waals surface area contributed by atoms with Crippen molar-refractivity contribution in [3.05, 3.63) is 28.1 Å². The molecule has 1 aliphatic rings. The van der Waals surface area contributed by atoms with E-state index in [1.54, 1.807) is 7.11 Å². The fourth-order valence-corrected chi connectivity index (χ4v) is 3.00. The predicted octanol–water partition coefficient (Wildman–Crippen LogP) is 1.92. The zero-order valence-electron chi connectivity index (χ0n) is 13.8. The Hall–Kier alpha value is -1.93. The molecule has 2 heterocycles. The fraction of sp³-hybridized carbons (Fsp3) is 0.588. The first-order valence-corrected chi connectivity index (χ1v) is 7.61. The molecule has 5 heteroatoms. The summed E-state index contributed by atoms with van der Waals surface area (Å²) in [5.74, 6) is 0.395. The molecule has 1 atom stereocenters. The molecule has 5 nitrogen and oxygen atoms in total. The second-order valence-electron chi connectivity index (χ2n) is 5.99. The van der Waals surface area contributed by atoms with Crippen LogP contribution in [0.15, 0.2) is 0 Å². The van der Waals surface area contributed by atoms with Crippen molar-refractivity contribution in [2.75, 3.05) is 26.8 Å². The van der Waals surface area contributed by atoms with Gasteiger partial charge >= 0.3 is 0 Å². The molecule has 1 unspecified atom stereocenters. The molecule has 1 fully saturated rings. The lowest BCUT2D eigenvalue weighted by Crippen LogP contribution is -2.29. The Morgan fingerprint density at radius 3 is 2.73 bits per heavy atom. The first kappa shape index (κ1) is 16.4. The van der Waals surface area contributed by atoms with Gasteiger partial charge in [0.15, 0.2) is 0 Å². The number of pyridine rings is 1. The Morgan fingerprint density at radius 2 is 2.09 bits per heavy atom. The first-order valence-electron chi connectivity index (χ1n) is 7.61. The van der Waals surface area contributed by atoms with Crippen LogP contribution in [0.25, 0.3) is 0 Å². The summed E-state index contributed by atoms with van der Waals surface area (Å²) in [7, 11) is 1.64. The van der Waals surface area contributed by atoms with E-state index < -0.39 is 0 Å². The molecular formula is C17H23N3O2. The average Bonchev–Trinajstić information content (AvgIpc) is 2.83. The van der Waals surface area contributed by atoms with E-state index in [9.17, 15) is 10.1 Å². The summed E-state index contributed by atoms with van der Waals surface area (Å²) in [5, 5.41) is 9.42. The third-order valence-corrected chi connectivity index (χ3v) is 4.53. The summed E-state index contributed by atoms with van der Waals surface area (Å²) in [6.45, 7) is 7.85. The molecule has 0 aromatic carbocycles. The molecule has 1 aromatic heterocycles. The number of rotatable bonds is 5. The number of carbonyl (C=O) groups excluding carboxylic acids is 1. The van der Waals surface area contributed by atoms with Crippen LogP contribution in [-0.2, 0) is 16.0 Å². The van der Waals surface area contributed by atoms with Gasteiger partial charge in [-0.05, 0) is 44.2 Å². The van der Waals surface area contributed by atoms with Crippen LogP contribution in [0.5, 0.6) is 0 Å². The van der Waals surface area contributed by atoms with E-state index in [2.05, 4.69) is 11.1 Å². The first-order chi connectivity index (χ1) is 10.5. The number of aryl methyl sites for hydroxylation is 1. The molecule has 1 aliphatic heterocycles. The minimum Gasteiger partial charge on any atom is -0.383 e. The highest BCUT2D eigenvalue weighted by molar-refractivity contribution is 5.78. The van der Waals surface area contributed by atoms with Gasteiger partial charge in [0, 0.05) is 32.3 Å². The number of nitrogens with zero attached hydrogens (tertiary/aromatic N) is 3. The summed E-state index contributed by atoms with van der Waals surface area (Å²) in [4.78, 5) is 18.5. The normalized spacial score (nSPS) is 17.9. The van der Waals surface area contributed by atoms with Crippen molar-refractivity contribution in [2.24, 2.45) is 5.92 Å². The molecule has 0 bridgehead atoms. The number of likely N-dealkylation sites (tertiary alicyclic amines) is 1. The van der Waals surface area contributed by atoms with E-state index in [1.807, 2.05) is 25.7 Å². The van der Waals surface area contributed by atoms with E-state index in [4.69, 9.17) is 4.74 Å². The SMILES string of the molecule is COCCN1CC(Cc2nc(C)c(C)c(C)c2C#N)CC1=O. The molecule has 1 amide bonds. The smallest absolute Gasteiger partial charge is 0.223 e. The summed E-state index contributed by atoms with van der Waals surface area (Å²) >= 11 is 0. The fourth-order valence-electron chi connectivity index (χ4n) is 3.00.